The summed E-state index contributed by atoms with van der Waals surface area (Å²) in [7, 11) is -9.08. The monoisotopic (exact) mass is 220 g/mol. The van der Waals surface area contributed by atoms with E-state index in [0.29, 0.717) is 0 Å². The van der Waals surface area contributed by atoms with Crippen LogP contribution in [-0.2, 0) is 13.7 Å². The highest BCUT2D eigenvalue weighted by molar-refractivity contribution is 7.71. The standard InChI is InChI=1S/C3H10O7P2/c1-3(11(5,6)7)12(8,9)10-2-4/h3-4H,2H2,1H3,(H,8,9)(H2,5,6,7). The van der Waals surface area contributed by atoms with E-state index in [1.807, 2.05) is 0 Å². The van der Waals surface area contributed by atoms with Gasteiger partial charge in [0.15, 0.2) is 12.2 Å². The molecule has 0 radical (unpaired) electrons. The summed E-state index contributed by atoms with van der Waals surface area (Å²) in [5.41, 5.74) is 0. The van der Waals surface area contributed by atoms with Crippen molar-refractivity contribution >= 4 is 15.2 Å². The highest BCUT2D eigenvalue weighted by Crippen LogP contribution is 2.62. The number of hydrogen-bond donors (Lipinski definition) is 4. The first-order chi connectivity index (χ1) is 5.22. The third kappa shape index (κ3) is 3.33. The van der Waals surface area contributed by atoms with Crippen LogP contribution in [-0.4, -0.2) is 32.0 Å². The van der Waals surface area contributed by atoms with Crippen LogP contribution in [0.5, 0.6) is 0 Å². The van der Waals surface area contributed by atoms with Gasteiger partial charge in [0.2, 0.25) is 0 Å². The average Bonchev–Trinajstić information content (AvgIpc) is 1.84. The quantitative estimate of drug-likeness (QED) is 0.377. The molecule has 0 aromatic carbocycles. The summed E-state index contributed by atoms with van der Waals surface area (Å²) < 4.78 is 25.2. The molecule has 7 nitrogen and oxygen atoms in total. The molecule has 0 spiro atoms. The molecule has 2 atom stereocenters. The van der Waals surface area contributed by atoms with Gasteiger partial charge in [-0.2, -0.15) is 0 Å². The Morgan fingerprint density at radius 2 is 1.75 bits per heavy atom. The average molecular weight is 220 g/mol. The first kappa shape index (κ1) is 12.3. The molecular formula is C3H10O7P2. The molecule has 0 aromatic rings. The van der Waals surface area contributed by atoms with Gasteiger partial charge in [-0.3, -0.25) is 13.7 Å². The van der Waals surface area contributed by atoms with Crippen molar-refractivity contribution in [2.45, 2.75) is 12.3 Å². The fourth-order valence-electron chi connectivity index (χ4n) is 0.381. The Morgan fingerprint density at radius 3 is 2.00 bits per heavy atom. The van der Waals surface area contributed by atoms with Crippen LogP contribution in [0.25, 0.3) is 0 Å². The van der Waals surface area contributed by atoms with Crippen molar-refractivity contribution in [3.63, 3.8) is 0 Å². The normalized spacial score (nSPS) is 20.1. The highest BCUT2D eigenvalue weighted by Gasteiger charge is 2.41. The summed E-state index contributed by atoms with van der Waals surface area (Å²) in [5, 5.41) is 6.29. The lowest BCUT2D eigenvalue weighted by Gasteiger charge is -2.18. The Bertz CT molecular complexity index is 231. The highest BCUT2D eigenvalue weighted by atomic mass is 31.2. The van der Waals surface area contributed by atoms with Crippen molar-refractivity contribution < 1.29 is 33.4 Å². The lowest BCUT2D eigenvalue weighted by atomic mass is 11.0. The van der Waals surface area contributed by atoms with Crippen LogP contribution in [0.2, 0.25) is 0 Å². The number of hydrogen-bond acceptors (Lipinski definition) is 4. The molecule has 0 bridgehead atoms. The molecular weight excluding hydrogens is 210 g/mol. The van der Waals surface area contributed by atoms with E-state index in [9.17, 15) is 9.13 Å². The third-order valence-corrected chi connectivity index (χ3v) is 5.38. The fourth-order valence-corrected chi connectivity index (χ4v) is 2.48. The van der Waals surface area contributed by atoms with Crippen molar-refractivity contribution in [3.8, 4) is 0 Å². The van der Waals surface area contributed by atoms with Crippen LogP contribution >= 0.6 is 15.2 Å². The molecule has 4 N–H and O–H groups in total. The second-order valence-electron chi connectivity index (χ2n) is 2.04. The minimum atomic E-state index is -4.66. The molecule has 0 heterocycles. The maximum atomic E-state index is 10.8. The topological polar surface area (TPSA) is 124 Å². The van der Waals surface area contributed by atoms with Crippen molar-refractivity contribution in [3.05, 3.63) is 0 Å². The number of aliphatic hydroxyl groups is 1. The largest absolute Gasteiger partial charge is 0.370 e. The predicted molar refractivity (Wildman–Crippen MR) is 39.5 cm³/mol. The van der Waals surface area contributed by atoms with E-state index in [1.54, 1.807) is 0 Å². The van der Waals surface area contributed by atoms with Crippen molar-refractivity contribution in [2.24, 2.45) is 0 Å². The van der Waals surface area contributed by atoms with Gasteiger partial charge in [0.25, 0.3) is 0 Å². The van der Waals surface area contributed by atoms with Gasteiger partial charge in [0.1, 0.15) is 0 Å². The molecule has 0 saturated carbocycles. The summed E-state index contributed by atoms with van der Waals surface area (Å²) in [4.78, 5) is 25.7. The Balaban J connectivity index is 4.58. The molecule has 0 saturated heterocycles. The van der Waals surface area contributed by atoms with Crippen molar-refractivity contribution in [1.82, 2.24) is 0 Å². The van der Waals surface area contributed by atoms with E-state index in [4.69, 9.17) is 19.8 Å². The van der Waals surface area contributed by atoms with Gasteiger partial charge in [0.05, 0.1) is 0 Å². The van der Waals surface area contributed by atoms with Crippen LogP contribution < -0.4 is 0 Å². The van der Waals surface area contributed by atoms with Gasteiger partial charge < -0.3 is 19.8 Å². The minimum Gasteiger partial charge on any atom is -0.370 e. The summed E-state index contributed by atoms with van der Waals surface area (Å²) >= 11 is 0. The summed E-state index contributed by atoms with van der Waals surface area (Å²) in [6.07, 6.45) is 0. The molecule has 2 unspecified atom stereocenters. The van der Waals surface area contributed by atoms with E-state index in [0.717, 1.165) is 6.92 Å². The van der Waals surface area contributed by atoms with Crippen LogP contribution in [0, 0.1) is 0 Å². The number of rotatable bonds is 4. The smallest absolute Gasteiger partial charge is 0.345 e. The summed E-state index contributed by atoms with van der Waals surface area (Å²) in [6, 6.07) is 0. The lowest BCUT2D eigenvalue weighted by Crippen LogP contribution is -2.07. The van der Waals surface area contributed by atoms with E-state index >= 15 is 0 Å². The second kappa shape index (κ2) is 3.98. The lowest BCUT2D eigenvalue weighted by molar-refractivity contribution is 0.0855. The zero-order valence-electron chi connectivity index (χ0n) is 6.19. The van der Waals surface area contributed by atoms with Crippen molar-refractivity contribution in [2.75, 3.05) is 6.79 Å². The molecule has 0 aliphatic heterocycles. The van der Waals surface area contributed by atoms with Gasteiger partial charge in [-0.25, -0.2) is 0 Å². The second-order valence-corrected chi connectivity index (χ2v) is 6.56. The maximum absolute atomic E-state index is 10.8. The Kier molecular flexibility index (Phi) is 4.07. The first-order valence-corrected chi connectivity index (χ1v) is 6.17. The van der Waals surface area contributed by atoms with Crippen LogP contribution in [0.15, 0.2) is 0 Å². The molecule has 9 heteroatoms. The first-order valence-electron chi connectivity index (χ1n) is 2.85. The van der Waals surface area contributed by atoms with E-state index in [1.165, 1.54) is 0 Å². The predicted octanol–water partition coefficient (Wildman–Crippen LogP) is -0.338. The molecule has 0 aromatic heterocycles. The number of aliphatic hydroxyl groups excluding tert-OH is 1. The van der Waals surface area contributed by atoms with Gasteiger partial charge in [0, 0.05) is 0 Å². The van der Waals surface area contributed by atoms with Crippen LogP contribution in [0.4, 0.5) is 0 Å². The van der Waals surface area contributed by atoms with E-state index in [-0.39, 0.29) is 0 Å². The molecule has 0 aliphatic rings. The van der Waals surface area contributed by atoms with Gasteiger partial charge in [-0.15, -0.1) is 0 Å². The third-order valence-electron chi connectivity index (χ3n) is 1.20. The Morgan fingerprint density at radius 1 is 1.33 bits per heavy atom. The summed E-state index contributed by atoms with van der Waals surface area (Å²) in [5.74, 6) is 0. The van der Waals surface area contributed by atoms with Gasteiger partial charge >= 0.3 is 15.2 Å². The fraction of sp³-hybridized carbons (Fsp3) is 1.00. The molecule has 74 valence electrons. The molecule has 0 fully saturated rings. The van der Waals surface area contributed by atoms with Crippen molar-refractivity contribution in [1.29, 1.82) is 0 Å². The zero-order valence-corrected chi connectivity index (χ0v) is 7.98. The zero-order chi connectivity index (χ0) is 9.99. The Hall–Kier alpha value is 0.260. The van der Waals surface area contributed by atoms with Gasteiger partial charge in [-0.1, -0.05) is 0 Å². The van der Waals surface area contributed by atoms with Crippen LogP contribution in [0.3, 0.4) is 0 Å². The summed E-state index contributed by atoms with van der Waals surface area (Å²) in [6.45, 7) is -0.185. The molecule has 0 rings (SSSR count). The molecule has 12 heavy (non-hydrogen) atoms. The van der Waals surface area contributed by atoms with Gasteiger partial charge in [-0.05, 0) is 6.92 Å². The molecule has 0 aliphatic carbocycles. The van der Waals surface area contributed by atoms with Crippen LogP contribution in [0.1, 0.15) is 6.92 Å². The SMILES string of the molecule is CC(P(=O)(O)O)P(=O)(O)OCO. The molecule has 0 amide bonds. The van der Waals surface area contributed by atoms with E-state index in [2.05, 4.69) is 4.52 Å². The maximum Gasteiger partial charge on any atom is 0.345 e. The van der Waals surface area contributed by atoms with E-state index < -0.39 is 27.4 Å². The minimum absolute atomic E-state index is 0.872. The Labute approximate surface area is 68.7 Å².